The van der Waals surface area contributed by atoms with Crippen molar-refractivity contribution in [3.63, 3.8) is 0 Å². The van der Waals surface area contributed by atoms with Crippen molar-refractivity contribution in [2.45, 2.75) is 26.7 Å². The van der Waals surface area contributed by atoms with Gasteiger partial charge in [-0.1, -0.05) is 6.92 Å². The summed E-state index contributed by atoms with van der Waals surface area (Å²) >= 11 is 0. The molecule has 21 heavy (non-hydrogen) atoms. The number of amides is 1. The molecule has 1 fully saturated rings. The Hall–Kier alpha value is -1.62. The summed E-state index contributed by atoms with van der Waals surface area (Å²) in [6.07, 6.45) is 3.85. The number of nitrogens with zero attached hydrogens (tertiary/aromatic N) is 2. The van der Waals surface area contributed by atoms with Gasteiger partial charge in [0.05, 0.1) is 11.3 Å². The predicted molar refractivity (Wildman–Crippen MR) is 85.7 cm³/mol. The first kappa shape index (κ1) is 15.8. The van der Waals surface area contributed by atoms with E-state index in [-0.39, 0.29) is 5.91 Å². The molecular weight excluding hydrogens is 264 g/mol. The molecule has 1 saturated heterocycles. The summed E-state index contributed by atoms with van der Waals surface area (Å²) < 4.78 is 0. The third kappa shape index (κ3) is 4.43. The number of anilines is 1. The van der Waals surface area contributed by atoms with Gasteiger partial charge >= 0.3 is 0 Å². The number of pyridine rings is 1. The first-order valence-corrected chi connectivity index (χ1v) is 7.77. The summed E-state index contributed by atoms with van der Waals surface area (Å²) in [5, 5.41) is 6.36. The number of nitrogens with one attached hydrogen (secondary N) is 2. The molecule has 1 amide bonds. The van der Waals surface area contributed by atoms with Gasteiger partial charge in [0.1, 0.15) is 0 Å². The normalized spacial score (nSPS) is 18.7. The first-order chi connectivity index (χ1) is 10.1. The molecule has 116 valence electrons. The lowest BCUT2D eigenvalue weighted by Crippen LogP contribution is -2.31. The highest BCUT2D eigenvalue weighted by Crippen LogP contribution is 2.17. The van der Waals surface area contributed by atoms with Gasteiger partial charge in [0.15, 0.2) is 0 Å². The monoisotopic (exact) mass is 290 g/mol. The molecule has 5 nitrogen and oxygen atoms in total. The van der Waals surface area contributed by atoms with Gasteiger partial charge in [-0.05, 0) is 45.3 Å². The van der Waals surface area contributed by atoms with Crippen LogP contribution >= 0.6 is 0 Å². The highest BCUT2D eigenvalue weighted by molar-refractivity contribution is 5.99. The van der Waals surface area contributed by atoms with Gasteiger partial charge in [-0.15, -0.1) is 0 Å². The molecule has 1 unspecified atom stereocenters. The van der Waals surface area contributed by atoms with Crippen LogP contribution in [0.2, 0.25) is 0 Å². The van der Waals surface area contributed by atoms with Gasteiger partial charge in [-0.3, -0.25) is 9.78 Å². The molecule has 1 atom stereocenters. The van der Waals surface area contributed by atoms with Gasteiger partial charge in [-0.25, -0.2) is 0 Å². The van der Waals surface area contributed by atoms with E-state index >= 15 is 0 Å². The van der Waals surface area contributed by atoms with Crippen LogP contribution in [0, 0.1) is 12.8 Å². The SMILES string of the molecule is CCCNc1cc(C)ncc1C(=O)NCC1CCN(C)C1. The minimum absolute atomic E-state index is 0.0318. The van der Waals surface area contributed by atoms with Crippen LogP contribution in [0.3, 0.4) is 0 Å². The number of aromatic nitrogens is 1. The van der Waals surface area contributed by atoms with Crippen molar-refractivity contribution in [3.8, 4) is 0 Å². The molecule has 1 aliphatic heterocycles. The standard InChI is InChI=1S/C16H26N4O/c1-4-6-17-15-8-12(2)18-10-14(15)16(21)19-9-13-5-7-20(3)11-13/h8,10,13H,4-7,9,11H2,1-3H3,(H,17,18)(H,19,21). The number of aryl methyl sites for hydroxylation is 1. The zero-order valence-electron chi connectivity index (χ0n) is 13.3. The molecule has 2 rings (SSSR count). The Labute approximate surface area is 127 Å². The third-order valence-electron chi connectivity index (χ3n) is 3.89. The Kier molecular flexibility index (Phi) is 5.56. The molecular formula is C16H26N4O. The van der Waals surface area contributed by atoms with Gasteiger partial charge in [0, 0.05) is 31.5 Å². The molecule has 0 radical (unpaired) electrons. The number of rotatable bonds is 6. The van der Waals surface area contributed by atoms with Crippen LogP contribution in [0.5, 0.6) is 0 Å². The second-order valence-electron chi connectivity index (χ2n) is 5.93. The molecule has 1 aromatic heterocycles. The molecule has 2 heterocycles. The van der Waals surface area contributed by atoms with Crippen LogP contribution in [0.15, 0.2) is 12.3 Å². The summed E-state index contributed by atoms with van der Waals surface area (Å²) in [6.45, 7) is 7.83. The first-order valence-electron chi connectivity index (χ1n) is 7.77. The van der Waals surface area contributed by atoms with Crippen molar-refractivity contribution in [2.24, 2.45) is 5.92 Å². The molecule has 0 saturated carbocycles. The minimum Gasteiger partial charge on any atom is -0.384 e. The fourth-order valence-corrected chi connectivity index (χ4v) is 2.67. The van der Waals surface area contributed by atoms with Gasteiger partial charge < -0.3 is 15.5 Å². The van der Waals surface area contributed by atoms with E-state index in [1.807, 2.05) is 13.0 Å². The zero-order valence-corrected chi connectivity index (χ0v) is 13.3. The van der Waals surface area contributed by atoms with Gasteiger partial charge in [-0.2, -0.15) is 0 Å². The Balaban J connectivity index is 1.97. The maximum atomic E-state index is 12.4. The van der Waals surface area contributed by atoms with Crippen LogP contribution in [-0.2, 0) is 0 Å². The molecule has 2 N–H and O–H groups in total. The van der Waals surface area contributed by atoms with E-state index in [2.05, 4.69) is 34.5 Å². The van der Waals surface area contributed by atoms with Crippen molar-refractivity contribution < 1.29 is 4.79 Å². The van der Waals surface area contributed by atoms with Crippen LogP contribution in [-0.4, -0.2) is 49.0 Å². The highest BCUT2D eigenvalue weighted by atomic mass is 16.1. The second-order valence-corrected chi connectivity index (χ2v) is 5.93. The number of hydrogen-bond donors (Lipinski definition) is 2. The quantitative estimate of drug-likeness (QED) is 0.840. The number of hydrogen-bond acceptors (Lipinski definition) is 4. The van der Waals surface area contributed by atoms with Crippen molar-refractivity contribution >= 4 is 11.6 Å². The Morgan fingerprint density at radius 2 is 2.33 bits per heavy atom. The highest BCUT2D eigenvalue weighted by Gasteiger charge is 2.20. The molecule has 1 aliphatic rings. The smallest absolute Gasteiger partial charge is 0.254 e. The second kappa shape index (κ2) is 7.41. The summed E-state index contributed by atoms with van der Waals surface area (Å²) in [5.74, 6) is 0.528. The average Bonchev–Trinajstić information content (AvgIpc) is 2.88. The van der Waals surface area contributed by atoms with E-state index in [9.17, 15) is 4.79 Å². The number of carbonyl (C=O) groups is 1. The average molecular weight is 290 g/mol. The van der Waals surface area contributed by atoms with Crippen molar-refractivity contribution in [3.05, 3.63) is 23.5 Å². The van der Waals surface area contributed by atoms with Gasteiger partial charge in [0.2, 0.25) is 0 Å². The van der Waals surface area contributed by atoms with Gasteiger partial charge in [0.25, 0.3) is 5.91 Å². The minimum atomic E-state index is -0.0318. The summed E-state index contributed by atoms with van der Waals surface area (Å²) in [4.78, 5) is 18.9. The zero-order chi connectivity index (χ0) is 15.2. The maximum Gasteiger partial charge on any atom is 0.254 e. The van der Waals surface area contributed by atoms with E-state index in [4.69, 9.17) is 0 Å². The fourth-order valence-electron chi connectivity index (χ4n) is 2.67. The largest absolute Gasteiger partial charge is 0.384 e. The Morgan fingerprint density at radius 3 is 3.00 bits per heavy atom. The molecule has 0 aliphatic carbocycles. The van der Waals surface area contributed by atoms with E-state index in [1.165, 1.54) is 0 Å². The summed E-state index contributed by atoms with van der Waals surface area (Å²) in [6, 6.07) is 1.94. The third-order valence-corrected chi connectivity index (χ3v) is 3.89. The van der Waals surface area contributed by atoms with Crippen molar-refractivity contribution in [2.75, 3.05) is 38.5 Å². The molecule has 0 bridgehead atoms. The molecule has 1 aromatic rings. The van der Waals surface area contributed by atoms with Crippen molar-refractivity contribution in [1.82, 2.24) is 15.2 Å². The van der Waals surface area contributed by atoms with E-state index < -0.39 is 0 Å². The lowest BCUT2D eigenvalue weighted by molar-refractivity contribution is 0.0948. The number of carbonyl (C=O) groups excluding carboxylic acids is 1. The fraction of sp³-hybridized carbons (Fsp3) is 0.625. The van der Waals surface area contributed by atoms with Crippen molar-refractivity contribution in [1.29, 1.82) is 0 Å². The lowest BCUT2D eigenvalue weighted by Gasteiger charge is -2.14. The summed E-state index contributed by atoms with van der Waals surface area (Å²) in [7, 11) is 2.12. The van der Waals surface area contributed by atoms with Crippen LogP contribution in [0.25, 0.3) is 0 Å². The Morgan fingerprint density at radius 1 is 1.52 bits per heavy atom. The maximum absolute atomic E-state index is 12.4. The van der Waals surface area contributed by atoms with Crippen LogP contribution < -0.4 is 10.6 Å². The van der Waals surface area contributed by atoms with Crippen LogP contribution in [0.4, 0.5) is 5.69 Å². The lowest BCUT2D eigenvalue weighted by atomic mass is 10.1. The molecule has 5 heteroatoms. The Bertz CT molecular complexity index is 489. The molecule has 0 spiro atoms. The summed E-state index contributed by atoms with van der Waals surface area (Å²) in [5.41, 5.74) is 2.44. The van der Waals surface area contributed by atoms with Crippen LogP contribution in [0.1, 0.15) is 35.8 Å². The van der Waals surface area contributed by atoms with E-state index in [0.29, 0.717) is 11.5 Å². The number of likely N-dealkylation sites (tertiary alicyclic amines) is 1. The molecule has 0 aromatic carbocycles. The van der Waals surface area contributed by atoms with E-state index in [1.54, 1.807) is 6.20 Å². The van der Waals surface area contributed by atoms with E-state index in [0.717, 1.165) is 50.4 Å². The predicted octanol–water partition coefficient (Wildman–Crippen LogP) is 1.89. The topological polar surface area (TPSA) is 57.3 Å².